The van der Waals surface area contributed by atoms with E-state index in [-0.39, 0.29) is 19.2 Å². The summed E-state index contributed by atoms with van der Waals surface area (Å²) in [7, 11) is 0. The molecular weight excluding hydrogens is 373 g/mol. The normalized spacial score (nSPS) is 11.9. The van der Waals surface area contributed by atoms with E-state index >= 15 is 0 Å². The average molecular weight is 395 g/mol. The summed E-state index contributed by atoms with van der Waals surface area (Å²) in [5, 5.41) is 3.36. The lowest BCUT2D eigenvalue weighted by Gasteiger charge is -2.17. The molecule has 1 N–H and O–H groups in total. The minimum absolute atomic E-state index is 0.119. The summed E-state index contributed by atoms with van der Waals surface area (Å²) in [4.78, 5) is 0. The van der Waals surface area contributed by atoms with Crippen LogP contribution in [-0.2, 0) is 13.2 Å². The largest absolute Gasteiger partial charge is 0.490 e. The number of hydrogen-bond acceptors (Lipinski definition) is 5. The van der Waals surface area contributed by atoms with Crippen molar-refractivity contribution in [2.75, 3.05) is 18.7 Å². The predicted octanol–water partition coefficient (Wildman–Crippen LogP) is 5.14. The van der Waals surface area contributed by atoms with Gasteiger partial charge in [-0.05, 0) is 31.2 Å². The fraction of sp³-hybridized carbons (Fsp3) is 0.217. The van der Waals surface area contributed by atoms with Gasteiger partial charge in [-0.1, -0.05) is 30.3 Å². The molecular formula is C23H22FNO4. The number of ether oxygens (including phenoxy) is 4. The maximum absolute atomic E-state index is 14.0. The van der Waals surface area contributed by atoms with Gasteiger partial charge in [0.1, 0.15) is 12.4 Å². The van der Waals surface area contributed by atoms with Gasteiger partial charge in [0.2, 0.25) is 6.79 Å². The van der Waals surface area contributed by atoms with Crippen LogP contribution >= 0.6 is 0 Å². The molecule has 0 radical (unpaired) electrons. The number of benzene rings is 3. The molecule has 0 amide bonds. The highest BCUT2D eigenvalue weighted by Gasteiger charge is 2.15. The molecule has 1 heterocycles. The van der Waals surface area contributed by atoms with Crippen molar-refractivity contribution < 1.29 is 23.3 Å². The van der Waals surface area contributed by atoms with Crippen LogP contribution in [0.1, 0.15) is 18.1 Å². The van der Waals surface area contributed by atoms with Gasteiger partial charge < -0.3 is 24.3 Å². The highest BCUT2D eigenvalue weighted by Crippen LogP contribution is 2.36. The van der Waals surface area contributed by atoms with Crippen molar-refractivity contribution in [1.29, 1.82) is 0 Å². The first-order chi connectivity index (χ1) is 14.2. The van der Waals surface area contributed by atoms with E-state index in [0.29, 0.717) is 36.0 Å². The summed E-state index contributed by atoms with van der Waals surface area (Å²) < 4.78 is 36.5. The third-order valence-corrected chi connectivity index (χ3v) is 4.55. The molecule has 1 aliphatic heterocycles. The fourth-order valence-corrected chi connectivity index (χ4v) is 3.10. The van der Waals surface area contributed by atoms with Gasteiger partial charge >= 0.3 is 0 Å². The number of fused-ring (bicyclic) bond motifs is 1. The van der Waals surface area contributed by atoms with Gasteiger partial charge in [-0.15, -0.1) is 0 Å². The van der Waals surface area contributed by atoms with Crippen molar-refractivity contribution in [3.63, 3.8) is 0 Å². The van der Waals surface area contributed by atoms with E-state index in [1.807, 2.05) is 43.3 Å². The highest BCUT2D eigenvalue weighted by atomic mass is 19.1. The molecule has 0 atom stereocenters. The molecule has 6 heteroatoms. The number of para-hydroxylation sites is 1. The van der Waals surface area contributed by atoms with Crippen molar-refractivity contribution in [1.82, 2.24) is 0 Å². The quantitative estimate of drug-likeness (QED) is 0.572. The second-order valence-electron chi connectivity index (χ2n) is 6.48. The summed E-state index contributed by atoms with van der Waals surface area (Å²) in [6.07, 6.45) is 0. The van der Waals surface area contributed by atoms with Crippen LogP contribution in [0.2, 0.25) is 0 Å². The molecule has 150 valence electrons. The molecule has 3 aromatic rings. The number of rotatable bonds is 8. The molecule has 0 fully saturated rings. The molecule has 4 rings (SSSR count). The molecule has 1 aliphatic rings. The lowest BCUT2D eigenvalue weighted by atomic mass is 10.1. The summed E-state index contributed by atoms with van der Waals surface area (Å²) in [6, 6.07) is 18.0. The van der Waals surface area contributed by atoms with E-state index in [2.05, 4.69) is 5.32 Å². The molecule has 5 nitrogen and oxygen atoms in total. The zero-order valence-electron chi connectivity index (χ0n) is 16.1. The van der Waals surface area contributed by atoms with Crippen molar-refractivity contribution in [3.8, 4) is 23.0 Å². The van der Waals surface area contributed by atoms with Crippen LogP contribution in [0.3, 0.4) is 0 Å². The molecule has 3 aromatic carbocycles. The molecule has 0 spiro atoms. The minimum Gasteiger partial charge on any atom is -0.490 e. The van der Waals surface area contributed by atoms with Crippen LogP contribution in [0.15, 0.2) is 60.7 Å². The predicted molar refractivity (Wildman–Crippen MR) is 108 cm³/mol. The van der Waals surface area contributed by atoms with Crippen molar-refractivity contribution in [2.24, 2.45) is 0 Å². The summed E-state index contributed by atoms with van der Waals surface area (Å²) in [5.74, 6) is 2.40. The number of anilines is 1. The van der Waals surface area contributed by atoms with Gasteiger partial charge in [0, 0.05) is 29.4 Å². The topological polar surface area (TPSA) is 49.0 Å². The van der Waals surface area contributed by atoms with Crippen LogP contribution in [0.4, 0.5) is 10.1 Å². The Kier molecular flexibility index (Phi) is 5.70. The summed E-state index contributed by atoms with van der Waals surface area (Å²) in [5.41, 5.74) is 2.30. The molecule has 0 saturated heterocycles. The van der Waals surface area contributed by atoms with Crippen molar-refractivity contribution in [3.05, 3.63) is 77.6 Å². The third kappa shape index (κ3) is 4.37. The number of nitrogens with one attached hydrogen (secondary N) is 1. The molecule has 0 unspecified atom stereocenters. The number of hydrogen-bond donors (Lipinski definition) is 1. The fourth-order valence-electron chi connectivity index (χ4n) is 3.10. The van der Waals surface area contributed by atoms with E-state index in [1.54, 1.807) is 18.2 Å². The minimum atomic E-state index is -0.290. The first-order valence-corrected chi connectivity index (χ1v) is 9.49. The molecule has 0 saturated carbocycles. The Morgan fingerprint density at radius 1 is 0.931 bits per heavy atom. The van der Waals surface area contributed by atoms with Crippen LogP contribution < -0.4 is 24.3 Å². The van der Waals surface area contributed by atoms with Crippen molar-refractivity contribution >= 4 is 5.69 Å². The van der Waals surface area contributed by atoms with Gasteiger partial charge in [-0.2, -0.15) is 0 Å². The van der Waals surface area contributed by atoms with Gasteiger partial charge in [0.25, 0.3) is 0 Å². The Morgan fingerprint density at radius 3 is 2.62 bits per heavy atom. The average Bonchev–Trinajstić information content (AvgIpc) is 3.21. The zero-order chi connectivity index (χ0) is 20.1. The van der Waals surface area contributed by atoms with E-state index in [1.165, 1.54) is 6.07 Å². The van der Waals surface area contributed by atoms with Gasteiger partial charge in [0.15, 0.2) is 23.0 Å². The van der Waals surface area contributed by atoms with E-state index in [0.717, 1.165) is 17.0 Å². The van der Waals surface area contributed by atoms with E-state index in [9.17, 15) is 4.39 Å². The number of halogens is 1. The highest BCUT2D eigenvalue weighted by molar-refractivity contribution is 5.56. The summed E-state index contributed by atoms with van der Waals surface area (Å²) in [6.45, 7) is 3.29. The molecule has 0 aromatic heterocycles. The summed E-state index contributed by atoms with van der Waals surface area (Å²) >= 11 is 0. The Bertz CT molecular complexity index is 992. The Labute approximate surface area is 169 Å². The van der Waals surface area contributed by atoms with Gasteiger partial charge in [0.05, 0.1) is 6.61 Å². The Hall–Kier alpha value is -3.41. The SMILES string of the molecule is CCOc1cccc(CNc2ccc3c(c2)OCO3)c1OCc1ccccc1F. The van der Waals surface area contributed by atoms with Gasteiger partial charge in [-0.3, -0.25) is 0 Å². The molecule has 0 aliphatic carbocycles. The molecule has 0 bridgehead atoms. The van der Waals surface area contributed by atoms with E-state index in [4.69, 9.17) is 18.9 Å². The smallest absolute Gasteiger partial charge is 0.231 e. The third-order valence-electron chi connectivity index (χ3n) is 4.55. The first-order valence-electron chi connectivity index (χ1n) is 9.49. The van der Waals surface area contributed by atoms with Crippen LogP contribution in [0.25, 0.3) is 0 Å². The standard InChI is InChI=1S/C23H22FNO4/c1-2-26-21-9-5-7-16(23(21)27-14-17-6-3-4-8-19(17)24)13-25-18-10-11-20-22(12-18)29-15-28-20/h3-12,25H,2,13-15H2,1H3. The van der Waals surface area contributed by atoms with Gasteiger partial charge in [-0.25, -0.2) is 4.39 Å². The monoisotopic (exact) mass is 395 g/mol. The Balaban J connectivity index is 1.52. The maximum Gasteiger partial charge on any atom is 0.231 e. The van der Waals surface area contributed by atoms with Crippen LogP contribution in [-0.4, -0.2) is 13.4 Å². The first kappa shape index (κ1) is 18.9. The lowest BCUT2D eigenvalue weighted by Crippen LogP contribution is -2.07. The maximum atomic E-state index is 14.0. The Morgan fingerprint density at radius 2 is 1.76 bits per heavy atom. The molecule has 29 heavy (non-hydrogen) atoms. The second-order valence-corrected chi connectivity index (χ2v) is 6.48. The van der Waals surface area contributed by atoms with E-state index < -0.39 is 0 Å². The zero-order valence-corrected chi connectivity index (χ0v) is 16.1. The lowest BCUT2D eigenvalue weighted by molar-refractivity contribution is 0.174. The van der Waals surface area contributed by atoms with Crippen molar-refractivity contribution in [2.45, 2.75) is 20.1 Å². The van der Waals surface area contributed by atoms with Crippen LogP contribution in [0.5, 0.6) is 23.0 Å². The second kappa shape index (κ2) is 8.73. The van der Waals surface area contributed by atoms with Crippen LogP contribution in [0, 0.1) is 5.82 Å².